The molecule has 0 radical (unpaired) electrons. The predicted octanol–water partition coefficient (Wildman–Crippen LogP) is 32.1. The average molecular weight is 1710 g/mol. The lowest BCUT2D eigenvalue weighted by atomic mass is 9.76. The van der Waals surface area contributed by atoms with Gasteiger partial charge in [0, 0.05) is 128 Å². The first-order valence-electron chi connectivity index (χ1n) is 47.6. The Kier molecular flexibility index (Phi) is 32.4. The van der Waals surface area contributed by atoms with Crippen LogP contribution in [-0.4, -0.2) is 9.97 Å². The van der Waals surface area contributed by atoms with E-state index in [2.05, 4.69) is 208 Å². The monoisotopic (exact) mass is 1710 g/mol. The second-order valence-electron chi connectivity index (χ2n) is 35.3. The fraction of sp³-hybridized carbons (Fsp3) is 0.463. The molecule has 4 aliphatic heterocycles. The molecule has 2 aromatic heterocycles. The Labute approximate surface area is 740 Å². The summed E-state index contributed by atoms with van der Waals surface area (Å²) in [6.45, 7) is 2.09. The smallest absolute Gasteiger partial charge is 0.319 e. The SMILES string of the molecule is CCCCCCCCCCCC1c2cc3c4cc2OC(c2ccc(-c5ccncc5)cc2)Oc2cc5c(cc21)C(CCCCCCCCCCC)c1cc2c(cc1OP(=S)(c1ccccc1)O5)OC(c1ccc(-c5ccncc5)cc1)Oc1cc(c(cc1C2CCCCCCCCCCC)C3CCCCCCCCCCC)OP(=S)(c1ccccc1)O4. The number of benzene rings is 8. The highest BCUT2D eigenvalue weighted by molar-refractivity contribution is 8.14. The third-order valence-electron chi connectivity index (χ3n) is 26.3. The van der Waals surface area contributed by atoms with Crippen molar-refractivity contribution in [3.63, 3.8) is 0 Å². The molecule has 8 bridgehead atoms. The zero-order valence-electron chi connectivity index (χ0n) is 73.2. The summed E-state index contributed by atoms with van der Waals surface area (Å²) < 4.78 is 63.1. The van der Waals surface area contributed by atoms with Crippen LogP contribution in [0.1, 0.15) is 376 Å². The highest BCUT2D eigenvalue weighted by Crippen LogP contribution is 2.63. The van der Waals surface area contributed by atoms with E-state index in [0.717, 1.165) is 166 Å². The molecule has 0 N–H and O–H groups in total. The Balaban J connectivity index is 1.01. The Bertz CT molecular complexity index is 4590. The summed E-state index contributed by atoms with van der Waals surface area (Å²) in [5.41, 5.74) is 14.8. The van der Waals surface area contributed by atoms with Crippen LogP contribution in [0.3, 0.4) is 0 Å². The van der Waals surface area contributed by atoms with Crippen molar-refractivity contribution in [3.05, 3.63) is 262 Å². The second kappa shape index (κ2) is 44.6. The second-order valence-corrected chi connectivity index (χ2v) is 41.9. The quantitative estimate of drug-likeness (QED) is 0.0268. The van der Waals surface area contributed by atoms with E-state index in [1.165, 1.54) is 180 Å². The molecule has 0 fully saturated rings. The Morgan fingerprint density at radius 3 is 0.689 bits per heavy atom. The third kappa shape index (κ3) is 22.3. The highest BCUT2D eigenvalue weighted by Gasteiger charge is 2.44. The Hall–Kier alpha value is -8.24. The first-order chi connectivity index (χ1) is 60.1. The van der Waals surface area contributed by atoms with Crippen LogP contribution in [0, 0.1) is 0 Å². The molecule has 1 aliphatic carbocycles. The number of nitrogens with zero attached hydrogens (tertiary/aromatic N) is 2. The number of hydrogen-bond acceptors (Lipinski definition) is 12. The molecule has 0 amide bonds. The molecular formula is C108H132N2O8P2S2. The van der Waals surface area contributed by atoms with E-state index in [1.807, 2.05) is 36.9 Å². The molecule has 6 heterocycles. The van der Waals surface area contributed by atoms with Gasteiger partial charge in [-0.1, -0.05) is 344 Å². The molecule has 0 unspecified atom stereocenters. The summed E-state index contributed by atoms with van der Waals surface area (Å²) in [6, 6.07) is 65.2. The molecule has 644 valence electrons. The van der Waals surface area contributed by atoms with Gasteiger partial charge >= 0.3 is 13.0 Å². The van der Waals surface area contributed by atoms with Crippen LogP contribution >= 0.6 is 13.0 Å². The minimum Gasteiger partial charge on any atom is -0.450 e. The zero-order valence-corrected chi connectivity index (χ0v) is 76.7. The summed E-state index contributed by atoms with van der Waals surface area (Å²) >= 11 is 14.4. The highest BCUT2D eigenvalue weighted by atomic mass is 32.5. The maximum Gasteiger partial charge on any atom is 0.319 e. The number of pyridine rings is 2. The summed E-state index contributed by atoms with van der Waals surface area (Å²) in [5, 5.41) is 1.61. The van der Waals surface area contributed by atoms with Crippen LogP contribution < -0.4 is 47.7 Å². The largest absolute Gasteiger partial charge is 0.450 e. The van der Waals surface area contributed by atoms with E-state index in [-0.39, 0.29) is 23.7 Å². The van der Waals surface area contributed by atoms with Gasteiger partial charge in [-0.2, -0.15) is 0 Å². The van der Waals surface area contributed by atoms with E-state index < -0.39 is 25.6 Å². The van der Waals surface area contributed by atoms with Crippen molar-refractivity contribution in [1.82, 2.24) is 9.97 Å². The number of unbranched alkanes of at least 4 members (excludes halogenated alkanes) is 32. The van der Waals surface area contributed by atoms with E-state index in [9.17, 15) is 0 Å². The van der Waals surface area contributed by atoms with Gasteiger partial charge < -0.3 is 37.0 Å². The molecule has 122 heavy (non-hydrogen) atoms. The molecule has 0 saturated heterocycles. The first-order valence-corrected chi connectivity index (χ1v) is 52.8. The van der Waals surface area contributed by atoms with Gasteiger partial charge in [-0.25, -0.2) is 0 Å². The lowest BCUT2D eigenvalue weighted by molar-refractivity contribution is -0.000685. The van der Waals surface area contributed by atoms with E-state index in [4.69, 9.17) is 60.7 Å². The molecule has 15 rings (SSSR count). The van der Waals surface area contributed by atoms with Crippen molar-refractivity contribution < 1.29 is 37.0 Å². The summed E-state index contributed by atoms with van der Waals surface area (Å²) in [6.07, 6.45) is 52.3. The van der Waals surface area contributed by atoms with E-state index in [1.54, 1.807) is 0 Å². The molecule has 0 spiro atoms. The molecule has 14 heteroatoms. The maximum absolute atomic E-state index is 7.91. The molecule has 0 saturated carbocycles. The maximum atomic E-state index is 7.91. The molecular weight excluding hydrogens is 1580 g/mol. The van der Waals surface area contributed by atoms with Crippen LogP contribution in [0.2, 0.25) is 0 Å². The van der Waals surface area contributed by atoms with Crippen LogP contribution in [-0.2, 0) is 23.6 Å². The zero-order chi connectivity index (χ0) is 83.7. The van der Waals surface area contributed by atoms with Crippen LogP contribution in [0.4, 0.5) is 0 Å². The van der Waals surface area contributed by atoms with Crippen LogP contribution in [0.25, 0.3) is 22.3 Å². The van der Waals surface area contributed by atoms with Crippen molar-refractivity contribution >= 4 is 47.2 Å². The predicted molar refractivity (Wildman–Crippen MR) is 511 cm³/mol. The fourth-order valence-corrected chi connectivity index (χ4v) is 24.3. The fourth-order valence-electron chi connectivity index (χ4n) is 19.4. The minimum absolute atomic E-state index is 0.221. The molecule has 10 aromatic rings. The topological polar surface area (TPSA) is 99.6 Å². The normalized spacial score (nSPS) is 19.5. The Morgan fingerprint density at radius 2 is 0.451 bits per heavy atom. The number of aromatic nitrogens is 2. The third-order valence-corrected chi connectivity index (χ3v) is 32.1. The van der Waals surface area contributed by atoms with Gasteiger partial charge in [0.1, 0.15) is 46.0 Å². The first kappa shape index (κ1) is 88.6. The molecule has 5 aliphatic rings. The summed E-state index contributed by atoms with van der Waals surface area (Å²) in [5.74, 6) is 4.63. The van der Waals surface area contributed by atoms with Gasteiger partial charge in [0.15, 0.2) is 0 Å². The van der Waals surface area contributed by atoms with Gasteiger partial charge in [0.25, 0.3) is 12.6 Å². The molecule has 0 atom stereocenters. The number of rotatable bonds is 46. The minimum atomic E-state index is -3.57. The molecule has 10 nitrogen and oxygen atoms in total. The van der Waals surface area contributed by atoms with Gasteiger partial charge in [-0.3, -0.25) is 9.97 Å². The Morgan fingerprint density at radius 1 is 0.238 bits per heavy atom. The van der Waals surface area contributed by atoms with Crippen molar-refractivity contribution in [1.29, 1.82) is 0 Å². The summed E-state index contributed by atoms with van der Waals surface area (Å²) in [7, 11) is 0. The van der Waals surface area contributed by atoms with Crippen molar-refractivity contribution in [2.24, 2.45) is 0 Å². The van der Waals surface area contributed by atoms with Crippen molar-refractivity contribution in [2.45, 2.75) is 321 Å². The van der Waals surface area contributed by atoms with Crippen LogP contribution in [0.5, 0.6) is 46.0 Å². The van der Waals surface area contributed by atoms with Crippen molar-refractivity contribution in [2.75, 3.05) is 0 Å². The van der Waals surface area contributed by atoms with Gasteiger partial charge in [0.2, 0.25) is 0 Å². The standard InChI is InChI=1S/C108H132N2O8P2S2/c1-5-9-13-17-21-25-29-33-43-51-87-91-71-95-89(53-45-35-31-27-23-19-15-11-7-3)97-73-93-88(52-44-34-30-26-22-18-14-10-6-2)94-74-98-90(54-46-36-32-28-24-20-16-12-8-4)96-72-92(87)100-76-104(96)116-120(122,86-49-41-38-42-50-86)118-106(98)78-102(94)114-108(84-61-57-80(58-62-84)82-65-69-110-70-66-82)113-101(93)77-105(97)117-119(121,85-47-39-37-40-48-85)115-103(95)75-99(91)111-107(112-100)83-59-55-79(56-60-83)81-63-67-109-68-64-81/h37-42,47-50,55-78,87-90,107-108H,5-36,43-46,51-54H2,1-4H3. The number of ether oxygens (including phenoxy) is 4. The van der Waals surface area contributed by atoms with E-state index in [0.29, 0.717) is 46.0 Å². The van der Waals surface area contributed by atoms with Gasteiger partial charge in [0.05, 0.1) is 10.6 Å². The average Bonchev–Trinajstić information content (AvgIpc) is 0.724. The van der Waals surface area contributed by atoms with Crippen LogP contribution in [0.15, 0.2) is 207 Å². The van der Waals surface area contributed by atoms with Gasteiger partial charge in [-0.05, 0) is 144 Å². The van der Waals surface area contributed by atoms with Gasteiger partial charge in [-0.15, -0.1) is 0 Å². The number of hydrogen-bond donors (Lipinski definition) is 0. The summed E-state index contributed by atoms with van der Waals surface area (Å²) in [4.78, 5) is 8.77. The van der Waals surface area contributed by atoms with E-state index >= 15 is 0 Å². The lowest BCUT2D eigenvalue weighted by Gasteiger charge is -2.39. The lowest BCUT2D eigenvalue weighted by Crippen LogP contribution is -2.25. The van der Waals surface area contributed by atoms with Crippen molar-refractivity contribution in [3.8, 4) is 68.2 Å². The molecule has 8 aromatic carbocycles.